The van der Waals surface area contributed by atoms with Gasteiger partial charge >= 0.3 is 7.60 Å². The Morgan fingerprint density at radius 3 is 2.31 bits per heavy atom. The standard InChI is InChI=1S/C11H15O4P/c1-9(12)11-7-5-4-6-10(11)8-16(13,14-2)15-3/h4-7H,8H2,1-3H3. The van der Waals surface area contributed by atoms with E-state index in [0.29, 0.717) is 11.1 Å². The Labute approximate surface area is 95.1 Å². The number of carbonyl (C=O) groups is 1. The average Bonchev–Trinajstić information content (AvgIpc) is 2.29. The molecule has 0 N–H and O–H groups in total. The van der Waals surface area contributed by atoms with E-state index in [9.17, 15) is 9.36 Å². The number of benzene rings is 1. The van der Waals surface area contributed by atoms with Gasteiger partial charge in [0.25, 0.3) is 0 Å². The fraction of sp³-hybridized carbons (Fsp3) is 0.364. The van der Waals surface area contributed by atoms with Gasteiger partial charge in [-0.2, -0.15) is 0 Å². The van der Waals surface area contributed by atoms with E-state index in [-0.39, 0.29) is 11.9 Å². The van der Waals surface area contributed by atoms with Gasteiger partial charge < -0.3 is 9.05 Å². The minimum absolute atomic E-state index is 0.0608. The van der Waals surface area contributed by atoms with E-state index in [1.54, 1.807) is 24.3 Å². The molecule has 0 bridgehead atoms. The summed E-state index contributed by atoms with van der Waals surface area (Å²) in [6, 6.07) is 7.01. The van der Waals surface area contributed by atoms with E-state index < -0.39 is 7.60 Å². The highest BCUT2D eigenvalue weighted by Crippen LogP contribution is 2.50. The summed E-state index contributed by atoms with van der Waals surface area (Å²) in [6.45, 7) is 1.48. The van der Waals surface area contributed by atoms with Crippen molar-refractivity contribution < 1.29 is 18.4 Å². The molecule has 0 aliphatic carbocycles. The third-order valence-electron chi connectivity index (χ3n) is 2.32. The number of hydrogen-bond acceptors (Lipinski definition) is 4. The summed E-state index contributed by atoms with van der Waals surface area (Å²) in [5, 5.41) is 0. The molecule has 0 unspecified atom stereocenters. The zero-order valence-corrected chi connectivity index (χ0v) is 10.5. The molecular weight excluding hydrogens is 227 g/mol. The Balaban J connectivity index is 3.06. The zero-order valence-electron chi connectivity index (χ0n) is 9.60. The molecule has 0 amide bonds. The SMILES string of the molecule is COP(=O)(Cc1ccccc1C(C)=O)OC. The molecule has 5 heteroatoms. The Hall–Kier alpha value is -0.960. The maximum Gasteiger partial charge on any atom is 0.334 e. The van der Waals surface area contributed by atoms with E-state index in [2.05, 4.69) is 0 Å². The lowest BCUT2D eigenvalue weighted by atomic mass is 10.1. The summed E-state index contributed by atoms with van der Waals surface area (Å²) in [5.41, 5.74) is 1.24. The van der Waals surface area contributed by atoms with Crippen LogP contribution in [0.4, 0.5) is 0 Å². The van der Waals surface area contributed by atoms with Crippen molar-refractivity contribution in [3.05, 3.63) is 35.4 Å². The van der Waals surface area contributed by atoms with Crippen LogP contribution in [0.15, 0.2) is 24.3 Å². The van der Waals surface area contributed by atoms with E-state index in [1.165, 1.54) is 21.1 Å². The molecular formula is C11H15O4P. The summed E-state index contributed by atoms with van der Waals surface area (Å²) < 4.78 is 21.6. The first-order valence-corrected chi connectivity index (χ1v) is 6.54. The van der Waals surface area contributed by atoms with Crippen LogP contribution < -0.4 is 0 Å². The number of hydrogen-bond donors (Lipinski definition) is 0. The highest BCUT2D eigenvalue weighted by atomic mass is 31.2. The molecule has 1 aromatic rings. The molecule has 0 spiro atoms. The fourth-order valence-corrected chi connectivity index (χ4v) is 2.51. The van der Waals surface area contributed by atoms with Gasteiger partial charge in [0.2, 0.25) is 0 Å². The molecule has 88 valence electrons. The van der Waals surface area contributed by atoms with Gasteiger partial charge in [-0.3, -0.25) is 9.36 Å². The van der Waals surface area contributed by atoms with Crippen LogP contribution >= 0.6 is 7.60 Å². The van der Waals surface area contributed by atoms with Crippen molar-refractivity contribution >= 4 is 13.4 Å². The Morgan fingerprint density at radius 1 is 1.25 bits per heavy atom. The second-order valence-electron chi connectivity index (χ2n) is 3.35. The minimum atomic E-state index is -3.12. The van der Waals surface area contributed by atoms with Crippen LogP contribution in [-0.4, -0.2) is 20.0 Å². The lowest BCUT2D eigenvalue weighted by molar-refractivity contribution is 0.101. The molecule has 0 aromatic heterocycles. The molecule has 16 heavy (non-hydrogen) atoms. The molecule has 0 heterocycles. The van der Waals surface area contributed by atoms with Gasteiger partial charge in [0, 0.05) is 19.8 Å². The summed E-state index contributed by atoms with van der Waals surface area (Å²) in [4.78, 5) is 11.4. The smallest absolute Gasteiger partial charge is 0.312 e. The van der Waals surface area contributed by atoms with Gasteiger partial charge in [0.05, 0.1) is 6.16 Å². The topological polar surface area (TPSA) is 52.6 Å². The molecule has 1 aromatic carbocycles. The highest BCUT2D eigenvalue weighted by Gasteiger charge is 2.23. The lowest BCUT2D eigenvalue weighted by Gasteiger charge is -2.14. The molecule has 0 saturated heterocycles. The third-order valence-corrected chi connectivity index (χ3v) is 4.16. The Kier molecular flexibility index (Phi) is 4.42. The Morgan fingerprint density at radius 2 is 1.81 bits per heavy atom. The monoisotopic (exact) mass is 242 g/mol. The molecule has 4 nitrogen and oxygen atoms in total. The van der Waals surface area contributed by atoms with Gasteiger partial charge in [-0.1, -0.05) is 24.3 Å². The van der Waals surface area contributed by atoms with Crippen molar-refractivity contribution in [2.45, 2.75) is 13.1 Å². The maximum atomic E-state index is 11.9. The predicted molar refractivity (Wildman–Crippen MR) is 61.8 cm³/mol. The Bertz CT molecular complexity index is 420. The maximum absolute atomic E-state index is 11.9. The lowest BCUT2D eigenvalue weighted by Crippen LogP contribution is -2.01. The van der Waals surface area contributed by atoms with Crippen LogP contribution in [0, 0.1) is 0 Å². The highest BCUT2D eigenvalue weighted by molar-refractivity contribution is 7.52. The summed E-state index contributed by atoms with van der Waals surface area (Å²) in [7, 11) is -0.454. The van der Waals surface area contributed by atoms with Crippen molar-refractivity contribution in [1.29, 1.82) is 0 Å². The third kappa shape index (κ3) is 3.01. The van der Waals surface area contributed by atoms with Crippen LogP contribution in [0.3, 0.4) is 0 Å². The first kappa shape index (κ1) is 13.1. The van der Waals surface area contributed by atoms with Crippen molar-refractivity contribution in [1.82, 2.24) is 0 Å². The molecule has 0 aliphatic heterocycles. The zero-order chi connectivity index (χ0) is 12.2. The van der Waals surface area contributed by atoms with Gasteiger partial charge in [0.15, 0.2) is 5.78 Å². The molecule has 0 aliphatic rings. The van der Waals surface area contributed by atoms with Crippen LogP contribution in [0.5, 0.6) is 0 Å². The minimum Gasteiger partial charge on any atom is -0.312 e. The number of carbonyl (C=O) groups excluding carboxylic acids is 1. The first-order chi connectivity index (χ1) is 7.52. The van der Waals surface area contributed by atoms with Crippen LogP contribution in [0.2, 0.25) is 0 Å². The summed E-state index contributed by atoms with van der Waals surface area (Å²) in [6.07, 6.45) is 0.107. The van der Waals surface area contributed by atoms with Gasteiger partial charge in [0.1, 0.15) is 0 Å². The van der Waals surface area contributed by atoms with Crippen molar-refractivity contribution in [2.24, 2.45) is 0 Å². The van der Waals surface area contributed by atoms with E-state index in [4.69, 9.17) is 9.05 Å². The first-order valence-electron chi connectivity index (χ1n) is 4.82. The largest absolute Gasteiger partial charge is 0.334 e. The van der Waals surface area contributed by atoms with Crippen LogP contribution in [-0.2, 0) is 19.8 Å². The quantitative estimate of drug-likeness (QED) is 0.588. The second-order valence-corrected chi connectivity index (χ2v) is 5.62. The van der Waals surface area contributed by atoms with Gasteiger partial charge in [-0.05, 0) is 12.5 Å². The van der Waals surface area contributed by atoms with E-state index in [1.807, 2.05) is 0 Å². The van der Waals surface area contributed by atoms with Crippen molar-refractivity contribution in [2.75, 3.05) is 14.2 Å². The van der Waals surface area contributed by atoms with Gasteiger partial charge in [-0.25, -0.2) is 0 Å². The van der Waals surface area contributed by atoms with Crippen molar-refractivity contribution in [3.63, 3.8) is 0 Å². The molecule has 0 radical (unpaired) electrons. The molecule has 0 atom stereocenters. The normalized spacial score (nSPS) is 11.4. The fourth-order valence-electron chi connectivity index (χ4n) is 1.41. The summed E-state index contributed by atoms with van der Waals surface area (Å²) in [5.74, 6) is -0.0608. The average molecular weight is 242 g/mol. The number of ketones is 1. The predicted octanol–water partition coefficient (Wildman–Crippen LogP) is 2.88. The number of Topliss-reactive ketones (excluding diaryl/α,β-unsaturated/α-hetero) is 1. The van der Waals surface area contributed by atoms with Crippen LogP contribution in [0.25, 0.3) is 0 Å². The number of rotatable bonds is 5. The molecule has 0 saturated carbocycles. The summed E-state index contributed by atoms with van der Waals surface area (Å²) >= 11 is 0. The van der Waals surface area contributed by atoms with Crippen molar-refractivity contribution in [3.8, 4) is 0 Å². The van der Waals surface area contributed by atoms with Gasteiger partial charge in [-0.15, -0.1) is 0 Å². The van der Waals surface area contributed by atoms with Crippen LogP contribution in [0.1, 0.15) is 22.8 Å². The van der Waals surface area contributed by atoms with E-state index >= 15 is 0 Å². The second kappa shape index (κ2) is 5.39. The molecule has 0 fully saturated rings. The van der Waals surface area contributed by atoms with E-state index in [0.717, 1.165) is 0 Å². The molecule has 1 rings (SSSR count).